The maximum absolute atomic E-state index is 12.6. The standard InChI is InChI=1S/C34H40FNO3.CH4/c1-4-38-33-16-15-30(23(2)24(33)3)32-8-5-7-26-21-27(37)11-14-31(26)34(32)25-9-12-28(13-10-25)39-29-17-20-36(22-29)19-6-18-35;/h9-16,21,29,37H,4-8,17-20,22H2,1-3H3;1H4/t29-;/m0./s1. The minimum atomic E-state index is -0.264. The molecule has 1 fully saturated rings. The van der Waals surface area contributed by atoms with Crippen LogP contribution < -0.4 is 9.47 Å². The van der Waals surface area contributed by atoms with E-state index in [0.29, 0.717) is 18.8 Å². The Morgan fingerprint density at radius 1 is 0.975 bits per heavy atom. The van der Waals surface area contributed by atoms with Crippen molar-refractivity contribution in [3.63, 3.8) is 0 Å². The van der Waals surface area contributed by atoms with Gasteiger partial charge in [0.2, 0.25) is 0 Å². The number of likely N-dealkylation sites (tertiary alicyclic amines) is 1. The maximum atomic E-state index is 12.6. The van der Waals surface area contributed by atoms with Crippen LogP contribution in [0.3, 0.4) is 0 Å². The van der Waals surface area contributed by atoms with Crippen LogP contribution in [-0.2, 0) is 6.42 Å². The summed E-state index contributed by atoms with van der Waals surface area (Å²) in [5, 5.41) is 10.3. The molecule has 3 aromatic rings. The summed E-state index contributed by atoms with van der Waals surface area (Å²) in [4.78, 5) is 2.29. The maximum Gasteiger partial charge on any atom is 0.122 e. The van der Waals surface area contributed by atoms with Gasteiger partial charge >= 0.3 is 0 Å². The smallest absolute Gasteiger partial charge is 0.122 e. The van der Waals surface area contributed by atoms with E-state index in [4.69, 9.17) is 9.47 Å². The molecule has 1 aliphatic carbocycles. The van der Waals surface area contributed by atoms with Crippen LogP contribution in [0.2, 0.25) is 0 Å². The first-order chi connectivity index (χ1) is 19.0. The summed E-state index contributed by atoms with van der Waals surface area (Å²) in [7, 11) is 0. The predicted molar refractivity (Wildman–Crippen MR) is 163 cm³/mol. The molecule has 1 atom stereocenters. The van der Waals surface area contributed by atoms with Gasteiger partial charge in [0.25, 0.3) is 0 Å². The molecule has 4 nitrogen and oxygen atoms in total. The highest BCUT2D eigenvalue weighted by molar-refractivity contribution is 6.00. The molecular formula is C35H44FNO3. The van der Waals surface area contributed by atoms with Gasteiger partial charge in [-0.25, -0.2) is 0 Å². The van der Waals surface area contributed by atoms with Gasteiger partial charge in [-0.1, -0.05) is 31.7 Å². The number of fused-ring (bicyclic) bond motifs is 1. The van der Waals surface area contributed by atoms with Crippen molar-refractivity contribution in [3.8, 4) is 17.2 Å². The van der Waals surface area contributed by atoms with E-state index in [0.717, 1.165) is 62.4 Å². The van der Waals surface area contributed by atoms with Crippen molar-refractivity contribution in [3.05, 3.63) is 88.0 Å². The molecule has 0 aromatic heterocycles. The van der Waals surface area contributed by atoms with Gasteiger partial charge in [-0.05, 0) is 128 Å². The van der Waals surface area contributed by atoms with Crippen molar-refractivity contribution >= 4 is 11.1 Å². The summed E-state index contributed by atoms with van der Waals surface area (Å²) < 4.78 is 24.8. The molecule has 3 aromatic carbocycles. The normalized spacial score (nSPS) is 17.2. The summed E-state index contributed by atoms with van der Waals surface area (Å²) >= 11 is 0. The lowest BCUT2D eigenvalue weighted by molar-refractivity contribution is 0.198. The minimum absolute atomic E-state index is 0. The van der Waals surface area contributed by atoms with Crippen LogP contribution in [0.5, 0.6) is 17.2 Å². The molecule has 0 radical (unpaired) electrons. The molecule has 40 heavy (non-hydrogen) atoms. The first kappa shape index (κ1) is 29.7. The van der Waals surface area contributed by atoms with Gasteiger partial charge in [-0.3, -0.25) is 9.29 Å². The zero-order chi connectivity index (χ0) is 27.4. The minimum Gasteiger partial charge on any atom is -0.508 e. The molecule has 0 bridgehead atoms. The zero-order valence-electron chi connectivity index (χ0n) is 23.4. The van der Waals surface area contributed by atoms with Crippen LogP contribution in [0.1, 0.15) is 73.4 Å². The fourth-order valence-corrected chi connectivity index (χ4v) is 6.08. The van der Waals surface area contributed by atoms with Gasteiger partial charge in [0.1, 0.15) is 23.4 Å². The highest BCUT2D eigenvalue weighted by Gasteiger charge is 2.25. The number of hydrogen-bond acceptors (Lipinski definition) is 4. The number of allylic oxidation sites excluding steroid dienone is 1. The fraction of sp³-hybridized carbons (Fsp3) is 0.429. The van der Waals surface area contributed by atoms with Crippen molar-refractivity contribution in [1.29, 1.82) is 0 Å². The number of rotatable bonds is 9. The van der Waals surface area contributed by atoms with Crippen LogP contribution >= 0.6 is 0 Å². The number of aryl methyl sites for hydroxylation is 1. The lowest BCUT2D eigenvalue weighted by Gasteiger charge is -2.21. The second-order valence-electron chi connectivity index (χ2n) is 10.7. The Bertz CT molecular complexity index is 1330. The van der Waals surface area contributed by atoms with Crippen molar-refractivity contribution in [2.75, 3.05) is 32.9 Å². The van der Waals surface area contributed by atoms with Crippen LogP contribution in [0.4, 0.5) is 4.39 Å². The molecule has 214 valence electrons. The van der Waals surface area contributed by atoms with Gasteiger partial charge in [0.05, 0.1) is 13.3 Å². The molecule has 0 unspecified atom stereocenters. The van der Waals surface area contributed by atoms with Gasteiger partial charge < -0.3 is 14.6 Å². The van der Waals surface area contributed by atoms with Gasteiger partial charge in [0.15, 0.2) is 0 Å². The molecule has 5 heteroatoms. The van der Waals surface area contributed by atoms with E-state index in [1.165, 1.54) is 39.0 Å². The Morgan fingerprint density at radius 3 is 2.50 bits per heavy atom. The van der Waals surface area contributed by atoms with Crippen molar-refractivity contribution < 1.29 is 19.0 Å². The summed E-state index contributed by atoms with van der Waals surface area (Å²) in [5.74, 6) is 2.12. The summed E-state index contributed by atoms with van der Waals surface area (Å²) in [6.07, 6.45) is 4.59. The molecule has 1 saturated heterocycles. The number of ether oxygens (including phenoxy) is 2. The molecule has 1 aliphatic heterocycles. The third kappa shape index (κ3) is 6.36. The average molecular weight is 546 g/mol. The molecule has 1 heterocycles. The Kier molecular flexibility index (Phi) is 9.91. The topological polar surface area (TPSA) is 41.9 Å². The number of phenols is 1. The van der Waals surface area contributed by atoms with E-state index in [-0.39, 0.29) is 20.2 Å². The van der Waals surface area contributed by atoms with E-state index in [2.05, 4.69) is 61.2 Å². The van der Waals surface area contributed by atoms with Crippen LogP contribution in [0.25, 0.3) is 11.1 Å². The highest BCUT2D eigenvalue weighted by atomic mass is 19.1. The highest BCUT2D eigenvalue weighted by Crippen LogP contribution is 2.43. The molecule has 5 rings (SSSR count). The van der Waals surface area contributed by atoms with E-state index < -0.39 is 0 Å². The molecule has 0 spiro atoms. The number of phenolic OH excluding ortho intramolecular Hbond substituents is 1. The van der Waals surface area contributed by atoms with Crippen molar-refractivity contribution in [2.24, 2.45) is 0 Å². The molecule has 1 N–H and O–H groups in total. The lowest BCUT2D eigenvalue weighted by atomic mass is 9.85. The van der Waals surface area contributed by atoms with Gasteiger partial charge in [0, 0.05) is 19.6 Å². The van der Waals surface area contributed by atoms with Crippen LogP contribution in [0, 0.1) is 13.8 Å². The van der Waals surface area contributed by atoms with Crippen molar-refractivity contribution in [2.45, 2.75) is 66.4 Å². The van der Waals surface area contributed by atoms with E-state index in [1.54, 1.807) is 6.07 Å². The Labute approximate surface area is 239 Å². The summed E-state index contributed by atoms with van der Waals surface area (Å²) in [5.41, 5.74) is 9.74. The van der Waals surface area contributed by atoms with Crippen molar-refractivity contribution in [1.82, 2.24) is 4.90 Å². The molecule has 2 aliphatic rings. The number of aromatic hydroxyl groups is 1. The van der Waals surface area contributed by atoms with E-state index in [9.17, 15) is 9.50 Å². The average Bonchev–Trinajstić information content (AvgIpc) is 3.30. The number of nitrogens with zero attached hydrogens (tertiary/aromatic N) is 1. The largest absolute Gasteiger partial charge is 0.508 e. The summed E-state index contributed by atoms with van der Waals surface area (Å²) in [6.45, 7) is 9.34. The van der Waals surface area contributed by atoms with Gasteiger partial charge in [-0.2, -0.15) is 0 Å². The van der Waals surface area contributed by atoms with Crippen LogP contribution in [0.15, 0.2) is 54.6 Å². The van der Waals surface area contributed by atoms with E-state index in [1.807, 2.05) is 13.0 Å². The second kappa shape index (κ2) is 13.4. The quantitative estimate of drug-likeness (QED) is 0.295. The first-order valence-corrected chi connectivity index (χ1v) is 14.3. The summed E-state index contributed by atoms with van der Waals surface area (Å²) in [6, 6.07) is 18.6. The Hall–Kier alpha value is -3.31. The predicted octanol–water partition coefficient (Wildman–Crippen LogP) is 8.15. The SMILES string of the molecule is C.CCOc1ccc(C2=C(c3ccc(O[C@H]4CCN(CCCF)C4)cc3)c3ccc(O)cc3CCC2)c(C)c1C. The third-order valence-electron chi connectivity index (χ3n) is 8.18. The number of alkyl halides is 1. The lowest BCUT2D eigenvalue weighted by Crippen LogP contribution is -2.26. The van der Waals surface area contributed by atoms with Crippen LogP contribution in [-0.4, -0.2) is 49.0 Å². The Balaban J connectivity index is 0.00000370. The molecule has 0 amide bonds. The molecular weight excluding hydrogens is 501 g/mol. The van der Waals surface area contributed by atoms with E-state index >= 15 is 0 Å². The molecule has 0 saturated carbocycles. The Morgan fingerprint density at radius 2 is 1.75 bits per heavy atom. The number of hydrogen-bond donors (Lipinski definition) is 1. The third-order valence-corrected chi connectivity index (χ3v) is 8.18. The zero-order valence-corrected chi connectivity index (χ0v) is 23.4. The first-order valence-electron chi connectivity index (χ1n) is 14.3. The second-order valence-corrected chi connectivity index (χ2v) is 10.7. The number of halogens is 1. The van der Waals surface area contributed by atoms with Gasteiger partial charge in [-0.15, -0.1) is 0 Å². The number of benzene rings is 3. The monoisotopic (exact) mass is 545 g/mol. The fourth-order valence-electron chi connectivity index (χ4n) is 6.08.